The molecule has 0 aliphatic rings. The van der Waals surface area contributed by atoms with E-state index in [9.17, 15) is 13.2 Å². The van der Waals surface area contributed by atoms with Gasteiger partial charge in [-0.25, -0.2) is 13.1 Å². The van der Waals surface area contributed by atoms with Gasteiger partial charge in [0, 0.05) is 18.8 Å². The monoisotopic (exact) mass is 478 g/mol. The second-order valence-corrected chi connectivity index (χ2v) is 10.2. The number of rotatable bonds is 9. The molecule has 172 valence electrons. The van der Waals surface area contributed by atoms with E-state index in [4.69, 9.17) is 10.3 Å². The molecule has 0 saturated carbocycles. The number of hydrogen-bond acceptors (Lipinski definition) is 8. The molecule has 0 unspecified atom stereocenters. The summed E-state index contributed by atoms with van der Waals surface area (Å²) in [5, 5.41) is 10.6. The maximum atomic E-state index is 12.9. The summed E-state index contributed by atoms with van der Waals surface area (Å²) in [5.41, 5.74) is 1.00. The Hall–Kier alpha value is -2.83. The molecule has 32 heavy (non-hydrogen) atoms. The first-order chi connectivity index (χ1) is 15.2. The largest absolute Gasteiger partial charge is 0.461 e. The van der Waals surface area contributed by atoms with Crippen LogP contribution in [0.25, 0.3) is 11.6 Å². The highest BCUT2D eigenvalue weighted by atomic mass is 32.2. The highest BCUT2D eigenvalue weighted by molar-refractivity contribution is 8.00. The van der Waals surface area contributed by atoms with Crippen LogP contribution in [-0.2, 0) is 14.8 Å². The van der Waals surface area contributed by atoms with E-state index in [1.54, 1.807) is 52.0 Å². The summed E-state index contributed by atoms with van der Waals surface area (Å²) in [7, 11) is -3.65. The van der Waals surface area contributed by atoms with Crippen molar-refractivity contribution in [1.29, 1.82) is 0 Å². The Morgan fingerprint density at radius 1 is 1.28 bits per heavy atom. The van der Waals surface area contributed by atoms with Crippen LogP contribution in [0.15, 0.2) is 51.1 Å². The van der Waals surface area contributed by atoms with Crippen LogP contribution < -0.4 is 11.2 Å². The van der Waals surface area contributed by atoms with E-state index in [-0.39, 0.29) is 10.8 Å². The highest BCUT2D eigenvalue weighted by Crippen LogP contribution is 2.27. The van der Waals surface area contributed by atoms with Crippen molar-refractivity contribution in [3.63, 3.8) is 0 Å². The number of anilines is 1. The summed E-state index contributed by atoms with van der Waals surface area (Å²) in [4.78, 5) is 12.9. The molecule has 0 bridgehead atoms. The van der Waals surface area contributed by atoms with Gasteiger partial charge in [0.2, 0.25) is 26.9 Å². The summed E-state index contributed by atoms with van der Waals surface area (Å²) in [6.45, 7) is 7.72. The first-order valence-electron chi connectivity index (χ1n) is 10.0. The molecule has 0 aliphatic heterocycles. The zero-order valence-electron chi connectivity index (χ0n) is 18.3. The van der Waals surface area contributed by atoms with Crippen molar-refractivity contribution < 1.29 is 17.6 Å². The number of carbonyl (C=O) groups is 1. The maximum Gasteiger partial charge on any atom is 0.243 e. The van der Waals surface area contributed by atoms with E-state index in [2.05, 4.69) is 15.5 Å². The lowest BCUT2D eigenvalue weighted by Crippen LogP contribution is -2.31. The lowest BCUT2D eigenvalue weighted by Gasteiger charge is -2.20. The van der Waals surface area contributed by atoms with Gasteiger partial charge in [-0.1, -0.05) is 31.7 Å². The number of nitrogen functional groups attached to an aromatic ring is 1. The quantitative estimate of drug-likeness (QED) is 0.354. The minimum atomic E-state index is -3.65. The third-order valence-corrected chi connectivity index (χ3v) is 8.09. The molecule has 1 aromatic carbocycles. The standard InChI is InChI=1S/C20H26N6O4S2/c1-5-25(6-2)32(28,29)17-12-15(10-9-13(17)3)22-19(27)14(4)31-20-24-23-18(26(20)21)16-8-7-11-30-16/h7-12,14H,5-6,21H2,1-4H3,(H,22,27)/t14-/m0/s1. The summed E-state index contributed by atoms with van der Waals surface area (Å²) < 4.78 is 33.8. The normalized spacial score (nSPS) is 12.8. The Bertz CT molecular complexity index is 1190. The number of nitrogens with two attached hydrogens (primary N) is 1. The predicted octanol–water partition coefficient (Wildman–Crippen LogP) is 2.71. The molecule has 3 rings (SSSR count). The topological polar surface area (TPSA) is 136 Å². The first-order valence-corrected chi connectivity index (χ1v) is 12.3. The number of benzene rings is 1. The Balaban J connectivity index is 1.75. The van der Waals surface area contributed by atoms with E-state index < -0.39 is 15.3 Å². The average molecular weight is 479 g/mol. The summed E-state index contributed by atoms with van der Waals surface area (Å²) in [6, 6.07) is 8.25. The van der Waals surface area contributed by atoms with Crippen LogP contribution in [0, 0.1) is 6.92 Å². The van der Waals surface area contributed by atoms with Gasteiger partial charge in [-0.3, -0.25) is 4.79 Å². The molecule has 1 amide bonds. The molecule has 1 atom stereocenters. The molecule has 0 spiro atoms. The molecule has 2 aromatic heterocycles. The number of nitrogens with zero attached hydrogens (tertiary/aromatic N) is 4. The van der Waals surface area contributed by atoms with Gasteiger partial charge in [0.15, 0.2) is 5.76 Å². The van der Waals surface area contributed by atoms with Crippen LogP contribution in [0.2, 0.25) is 0 Å². The number of aryl methyl sites for hydroxylation is 1. The van der Waals surface area contributed by atoms with Crippen molar-refractivity contribution in [1.82, 2.24) is 19.2 Å². The Morgan fingerprint density at radius 3 is 2.62 bits per heavy atom. The molecule has 0 radical (unpaired) electrons. The van der Waals surface area contributed by atoms with Gasteiger partial charge in [0.25, 0.3) is 0 Å². The van der Waals surface area contributed by atoms with Gasteiger partial charge in [-0.15, -0.1) is 10.2 Å². The number of furan rings is 1. The van der Waals surface area contributed by atoms with Crippen LogP contribution in [0.1, 0.15) is 26.3 Å². The maximum absolute atomic E-state index is 12.9. The molecule has 3 aromatic rings. The first kappa shape index (κ1) is 23.8. The third kappa shape index (κ3) is 4.81. The zero-order chi connectivity index (χ0) is 23.5. The molecule has 12 heteroatoms. The number of thioether (sulfide) groups is 1. The lowest BCUT2D eigenvalue weighted by atomic mass is 10.2. The van der Waals surface area contributed by atoms with Crippen molar-refractivity contribution in [3.05, 3.63) is 42.2 Å². The van der Waals surface area contributed by atoms with E-state index in [1.165, 1.54) is 21.3 Å². The smallest absolute Gasteiger partial charge is 0.243 e. The van der Waals surface area contributed by atoms with E-state index in [1.807, 2.05) is 0 Å². The number of amides is 1. The van der Waals surface area contributed by atoms with Crippen LogP contribution in [0.3, 0.4) is 0 Å². The second-order valence-electron chi connectivity index (χ2n) is 6.97. The average Bonchev–Trinajstić information content (AvgIpc) is 3.40. The highest BCUT2D eigenvalue weighted by Gasteiger charge is 2.25. The number of sulfonamides is 1. The van der Waals surface area contributed by atoms with Gasteiger partial charge >= 0.3 is 0 Å². The Labute approximate surface area is 191 Å². The third-order valence-electron chi connectivity index (χ3n) is 4.84. The number of hydrogen-bond donors (Lipinski definition) is 2. The van der Waals surface area contributed by atoms with E-state index in [0.29, 0.717) is 41.1 Å². The Kier molecular flexibility index (Phi) is 7.26. The number of aromatic nitrogens is 3. The van der Waals surface area contributed by atoms with Crippen molar-refractivity contribution in [2.75, 3.05) is 24.2 Å². The fourth-order valence-electron chi connectivity index (χ4n) is 3.05. The van der Waals surface area contributed by atoms with Crippen molar-refractivity contribution in [2.45, 2.75) is 43.0 Å². The summed E-state index contributed by atoms with van der Waals surface area (Å²) >= 11 is 1.12. The fourth-order valence-corrected chi connectivity index (χ4v) is 5.52. The van der Waals surface area contributed by atoms with Crippen molar-refractivity contribution >= 4 is 33.4 Å². The molecule has 0 fully saturated rings. The van der Waals surface area contributed by atoms with E-state index >= 15 is 0 Å². The van der Waals surface area contributed by atoms with E-state index in [0.717, 1.165) is 11.8 Å². The van der Waals surface area contributed by atoms with Gasteiger partial charge < -0.3 is 15.6 Å². The molecular weight excluding hydrogens is 452 g/mol. The molecule has 2 heterocycles. The predicted molar refractivity (Wildman–Crippen MR) is 123 cm³/mol. The molecular formula is C20H26N6O4S2. The summed E-state index contributed by atoms with van der Waals surface area (Å²) in [5.74, 6) is 6.52. The Morgan fingerprint density at radius 2 is 2.00 bits per heavy atom. The minimum Gasteiger partial charge on any atom is -0.461 e. The minimum absolute atomic E-state index is 0.170. The summed E-state index contributed by atoms with van der Waals surface area (Å²) in [6.07, 6.45) is 1.50. The van der Waals surface area contributed by atoms with Crippen LogP contribution in [-0.4, -0.2) is 51.8 Å². The van der Waals surface area contributed by atoms with Gasteiger partial charge in [-0.2, -0.15) is 4.31 Å². The molecule has 0 aliphatic carbocycles. The van der Waals surface area contributed by atoms with Gasteiger partial charge in [-0.05, 0) is 43.7 Å². The lowest BCUT2D eigenvalue weighted by molar-refractivity contribution is -0.115. The van der Waals surface area contributed by atoms with Crippen molar-refractivity contribution in [2.24, 2.45) is 0 Å². The molecule has 0 saturated heterocycles. The fraction of sp³-hybridized carbons (Fsp3) is 0.350. The van der Waals surface area contributed by atoms with Crippen LogP contribution >= 0.6 is 11.8 Å². The number of nitrogens with one attached hydrogen (secondary N) is 1. The second kappa shape index (κ2) is 9.76. The van der Waals surface area contributed by atoms with Crippen molar-refractivity contribution in [3.8, 4) is 11.6 Å². The van der Waals surface area contributed by atoms with Crippen LogP contribution in [0.4, 0.5) is 5.69 Å². The van der Waals surface area contributed by atoms with Gasteiger partial charge in [0.1, 0.15) is 0 Å². The van der Waals surface area contributed by atoms with Gasteiger partial charge in [0.05, 0.1) is 16.4 Å². The SMILES string of the molecule is CCN(CC)S(=O)(=O)c1cc(NC(=O)[C@H](C)Sc2nnc(-c3ccco3)n2N)ccc1C. The molecule has 3 N–H and O–H groups in total. The molecule has 10 nitrogen and oxygen atoms in total. The van der Waals surface area contributed by atoms with Crippen LogP contribution in [0.5, 0.6) is 0 Å². The zero-order valence-corrected chi connectivity index (χ0v) is 19.9. The number of carbonyl (C=O) groups excluding carboxylic acids is 1.